The summed E-state index contributed by atoms with van der Waals surface area (Å²) in [6, 6.07) is 5.05. The van der Waals surface area contributed by atoms with Gasteiger partial charge in [0.05, 0.1) is 11.3 Å². The number of aryl methyl sites for hydroxylation is 2. The molecule has 0 aliphatic rings. The van der Waals surface area contributed by atoms with Gasteiger partial charge in [0.25, 0.3) is 5.91 Å². The van der Waals surface area contributed by atoms with Crippen molar-refractivity contribution in [1.82, 2.24) is 4.98 Å². The van der Waals surface area contributed by atoms with Crippen LogP contribution in [0.2, 0.25) is 5.02 Å². The molecule has 6 heteroatoms. The number of nitrogens with one attached hydrogen (secondary N) is 1. The van der Waals surface area contributed by atoms with E-state index in [1.807, 2.05) is 13.8 Å². The minimum atomic E-state index is -0.202. The first-order valence-electron chi connectivity index (χ1n) is 5.18. The number of anilines is 1. The Kier molecular flexibility index (Phi) is 4.04. The number of benzene rings is 1. The molecule has 0 atom stereocenters. The number of carbonyl (C=O) groups excluding carboxylic acids is 1. The summed E-state index contributed by atoms with van der Waals surface area (Å²) in [5.41, 5.74) is 1.47. The molecule has 2 aromatic rings. The molecule has 0 aliphatic carbocycles. The fourth-order valence-corrected chi connectivity index (χ4v) is 3.04. The van der Waals surface area contributed by atoms with Crippen molar-refractivity contribution in [3.63, 3.8) is 0 Å². The molecule has 0 saturated carbocycles. The van der Waals surface area contributed by atoms with Gasteiger partial charge in [-0.05, 0) is 48.0 Å². The highest BCUT2D eigenvalue weighted by atomic mass is 79.9. The molecule has 0 fully saturated rings. The van der Waals surface area contributed by atoms with Crippen LogP contribution in [0.15, 0.2) is 22.7 Å². The third-order valence-electron chi connectivity index (χ3n) is 2.42. The zero-order valence-corrected chi connectivity index (χ0v) is 12.9. The van der Waals surface area contributed by atoms with Crippen molar-refractivity contribution >= 4 is 49.9 Å². The number of halogens is 2. The summed E-state index contributed by atoms with van der Waals surface area (Å²) in [7, 11) is 0. The van der Waals surface area contributed by atoms with Crippen molar-refractivity contribution < 1.29 is 4.79 Å². The Hall–Kier alpha value is -0.910. The van der Waals surface area contributed by atoms with Crippen molar-refractivity contribution in [3.05, 3.63) is 43.8 Å². The van der Waals surface area contributed by atoms with Gasteiger partial charge in [-0.2, -0.15) is 0 Å². The summed E-state index contributed by atoms with van der Waals surface area (Å²) in [5, 5.41) is 3.97. The van der Waals surface area contributed by atoms with Gasteiger partial charge in [-0.1, -0.05) is 11.6 Å². The molecule has 0 saturated heterocycles. The molecule has 94 valence electrons. The molecular weight excluding hydrogens is 336 g/mol. The van der Waals surface area contributed by atoms with Crippen LogP contribution in [0.4, 0.5) is 5.13 Å². The maximum atomic E-state index is 12.0. The smallest absolute Gasteiger partial charge is 0.258 e. The Morgan fingerprint density at radius 1 is 1.44 bits per heavy atom. The van der Waals surface area contributed by atoms with Crippen LogP contribution in [0, 0.1) is 13.8 Å². The van der Waals surface area contributed by atoms with Crippen LogP contribution in [-0.2, 0) is 0 Å². The molecule has 1 N–H and O–H groups in total. The standard InChI is InChI=1S/C12H10BrClN2OS/c1-6-7(2)18-12(15-6)16-11(17)9-4-3-8(14)5-10(9)13/h3-5H,1-2H3,(H,15,16,17). The lowest BCUT2D eigenvalue weighted by Gasteiger charge is -2.04. The van der Waals surface area contributed by atoms with Crippen LogP contribution in [0.5, 0.6) is 0 Å². The van der Waals surface area contributed by atoms with Gasteiger partial charge in [0, 0.05) is 14.4 Å². The van der Waals surface area contributed by atoms with Gasteiger partial charge in [-0.3, -0.25) is 10.1 Å². The van der Waals surface area contributed by atoms with Crippen molar-refractivity contribution in [1.29, 1.82) is 0 Å². The number of carbonyl (C=O) groups is 1. The van der Waals surface area contributed by atoms with E-state index < -0.39 is 0 Å². The third kappa shape index (κ3) is 2.91. The van der Waals surface area contributed by atoms with Gasteiger partial charge in [0.2, 0.25) is 0 Å². The molecule has 0 unspecified atom stereocenters. The molecule has 1 amide bonds. The fourth-order valence-electron chi connectivity index (χ4n) is 1.36. The number of thiazole rings is 1. The van der Waals surface area contributed by atoms with Gasteiger partial charge in [-0.25, -0.2) is 4.98 Å². The molecule has 3 nitrogen and oxygen atoms in total. The predicted molar refractivity (Wildman–Crippen MR) is 78.7 cm³/mol. The molecular formula is C12H10BrClN2OS. The van der Waals surface area contributed by atoms with Crippen molar-refractivity contribution in [2.45, 2.75) is 13.8 Å². The quantitative estimate of drug-likeness (QED) is 0.875. The predicted octanol–water partition coefficient (Wildman–Crippen LogP) is 4.43. The van der Waals surface area contributed by atoms with Gasteiger partial charge in [-0.15, -0.1) is 11.3 Å². The highest BCUT2D eigenvalue weighted by molar-refractivity contribution is 9.10. The molecule has 0 bridgehead atoms. The average Bonchev–Trinajstić information content (AvgIpc) is 2.57. The Morgan fingerprint density at radius 2 is 2.17 bits per heavy atom. The lowest BCUT2D eigenvalue weighted by molar-refractivity contribution is 0.102. The number of rotatable bonds is 2. The normalized spacial score (nSPS) is 10.4. The molecule has 2 rings (SSSR count). The number of hydrogen-bond donors (Lipinski definition) is 1. The first-order chi connectivity index (χ1) is 8.47. The van der Waals surface area contributed by atoms with E-state index in [0.29, 0.717) is 20.2 Å². The Balaban J connectivity index is 2.22. The minimum Gasteiger partial charge on any atom is -0.298 e. The minimum absolute atomic E-state index is 0.202. The SMILES string of the molecule is Cc1nc(NC(=O)c2ccc(Cl)cc2Br)sc1C. The van der Waals surface area contributed by atoms with Gasteiger partial charge in [0.1, 0.15) is 0 Å². The molecule has 1 aromatic heterocycles. The van der Waals surface area contributed by atoms with Crippen LogP contribution in [0.25, 0.3) is 0 Å². The summed E-state index contributed by atoms with van der Waals surface area (Å²) in [6.45, 7) is 3.89. The Bertz CT molecular complexity index is 593. The summed E-state index contributed by atoms with van der Waals surface area (Å²) in [5.74, 6) is -0.202. The van der Waals surface area contributed by atoms with E-state index in [4.69, 9.17) is 11.6 Å². The second kappa shape index (κ2) is 5.38. The number of hydrogen-bond acceptors (Lipinski definition) is 3. The lowest BCUT2D eigenvalue weighted by Crippen LogP contribution is -2.12. The third-order valence-corrected chi connectivity index (χ3v) is 4.30. The maximum Gasteiger partial charge on any atom is 0.258 e. The Morgan fingerprint density at radius 3 is 2.72 bits per heavy atom. The van der Waals surface area contributed by atoms with Crippen LogP contribution < -0.4 is 5.32 Å². The second-order valence-electron chi connectivity index (χ2n) is 3.74. The van der Waals surface area contributed by atoms with E-state index in [1.165, 1.54) is 11.3 Å². The summed E-state index contributed by atoms with van der Waals surface area (Å²) in [4.78, 5) is 17.4. The molecule has 0 radical (unpaired) electrons. The van der Waals surface area contributed by atoms with Crippen molar-refractivity contribution in [2.75, 3.05) is 5.32 Å². The zero-order valence-electron chi connectivity index (χ0n) is 9.75. The van der Waals surface area contributed by atoms with Crippen molar-refractivity contribution in [2.24, 2.45) is 0 Å². The first-order valence-corrected chi connectivity index (χ1v) is 7.16. The maximum absolute atomic E-state index is 12.0. The average molecular weight is 346 g/mol. The van der Waals surface area contributed by atoms with E-state index in [0.717, 1.165) is 10.6 Å². The van der Waals surface area contributed by atoms with E-state index >= 15 is 0 Å². The summed E-state index contributed by atoms with van der Waals surface area (Å²) < 4.78 is 0.664. The number of amides is 1. The molecule has 18 heavy (non-hydrogen) atoms. The van der Waals surface area contributed by atoms with Crippen LogP contribution >= 0.6 is 38.9 Å². The zero-order chi connectivity index (χ0) is 13.3. The van der Waals surface area contributed by atoms with E-state index in [9.17, 15) is 4.79 Å². The lowest BCUT2D eigenvalue weighted by atomic mass is 10.2. The van der Waals surface area contributed by atoms with Crippen molar-refractivity contribution in [3.8, 4) is 0 Å². The largest absolute Gasteiger partial charge is 0.298 e. The Labute approximate surface area is 122 Å². The summed E-state index contributed by atoms with van der Waals surface area (Å²) >= 11 is 10.6. The van der Waals surface area contributed by atoms with E-state index in [2.05, 4.69) is 26.2 Å². The second-order valence-corrected chi connectivity index (χ2v) is 6.23. The fraction of sp³-hybridized carbons (Fsp3) is 0.167. The molecule has 1 heterocycles. The topological polar surface area (TPSA) is 42.0 Å². The monoisotopic (exact) mass is 344 g/mol. The molecule has 0 spiro atoms. The first kappa shape index (κ1) is 13.5. The van der Waals surface area contributed by atoms with Gasteiger partial charge >= 0.3 is 0 Å². The molecule has 1 aromatic carbocycles. The van der Waals surface area contributed by atoms with Crippen LogP contribution in [0.3, 0.4) is 0 Å². The van der Waals surface area contributed by atoms with Gasteiger partial charge < -0.3 is 0 Å². The number of nitrogens with zero attached hydrogens (tertiary/aromatic N) is 1. The van der Waals surface area contributed by atoms with E-state index in [1.54, 1.807) is 18.2 Å². The highest BCUT2D eigenvalue weighted by Crippen LogP contribution is 2.25. The van der Waals surface area contributed by atoms with Gasteiger partial charge in [0.15, 0.2) is 5.13 Å². The number of aromatic nitrogens is 1. The van der Waals surface area contributed by atoms with E-state index in [-0.39, 0.29) is 5.91 Å². The van der Waals surface area contributed by atoms with Crippen LogP contribution in [0.1, 0.15) is 20.9 Å². The molecule has 0 aliphatic heterocycles. The highest BCUT2D eigenvalue weighted by Gasteiger charge is 2.13. The summed E-state index contributed by atoms with van der Waals surface area (Å²) in [6.07, 6.45) is 0. The van der Waals surface area contributed by atoms with Crippen LogP contribution in [-0.4, -0.2) is 10.9 Å².